The monoisotopic (exact) mass is 272 g/mol. The molecule has 0 heterocycles. The summed E-state index contributed by atoms with van der Waals surface area (Å²) in [6.07, 6.45) is 7.71. The van der Waals surface area contributed by atoms with Crippen LogP contribution in [-0.2, 0) is 4.74 Å². The van der Waals surface area contributed by atoms with Gasteiger partial charge in [0.1, 0.15) is 0 Å². The van der Waals surface area contributed by atoms with Gasteiger partial charge in [-0.2, -0.15) is 0 Å². The van der Waals surface area contributed by atoms with Crippen LogP contribution in [0.1, 0.15) is 27.7 Å². The van der Waals surface area contributed by atoms with Crippen molar-refractivity contribution in [2.24, 2.45) is 5.92 Å². The van der Waals surface area contributed by atoms with E-state index in [-0.39, 0.29) is 6.10 Å². The van der Waals surface area contributed by atoms with E-state index in [1.807, 2.05) is 38.2 Å². The summed E-state index contributed by atoms with van der Waals surface area (Å²) in [5.41, 5.74) is 3.65. The minimum atomic E-state index is 0.0145. The molecule has 0 aromatic heterocycles. The van der Waals surface area contributed by atoms with Crippen molar-refractivity contribution in [3.8, 4) is 0 Å². The predicted octanol–water partition coefficient (Wildman–Crippen LogP) is 5.40. The normalized spacial score (nSPS) is 13.1. The van der Waals surface area contributed by atoms with Crippen LogP contribution in [-0.4, -0.2) is 12.7 Å². The van der Waals surface area contributed by atoms with E-state index in [1.54, 1.807) is 0 Å². The van der Waals surface area contributed by atoms with Crippen molar-refractivity contribution in [3.05, 3.63) is 72.9 Å². The Morgan fingerprint density at radius 3 is 1.85 bits per heavy atom. The van der Waals surface area contributed by atoms with Gasteiger partial charge in [0.05, 0.1) is 6.10 Å². The number of rotatable bonds is 9. The highest BCUT2D eigenvalue weighted by Crippen LogP contribution is 2.13. The Labute approximate surface area is 124 Å². The fourth-order valence-corrected chi connectivity index (χ4v) is 1.24. The number of hydrogen-bond donors (Lipinski definition) is 0. The summed E-state index contributed by atoms with van der Waals surface area (Å²) in [7, 11) is 0. The Bertz CT molecular complexity index is 433. The molecule has 0 aromatic carbocycles. The van der Waals surface area contributed by atoms with Crippen molar-refractivity contribution in [1.82, 2.24) is 0 Å². The van der Waals surface area contributed by atoms with Gasteiger partial charge in [0.15, 0.2) is 0 Å². The SMILES string of the molecule is C=C(C)/C=C\C(=C)C(=C)/C=C\C(=C)[C@H](C)OCC(C)C. The zero-order chi connectivity index (χ0) is 15.7. The van der Waals surface area contributed by atoms with Gasteiger partial charge in [-0.1, -0.05) is 70.0 Å². The van der Waals surface area contributed by atoms with E-state index >= 15 is 0 Å². The standard InChI is InChI=1S/C19H28O/c1-14(2)9-10-16(5)17(6)11-12-18(7)19(8)20-13-15(3)4/h9-12,15,19H,1,5-7,13H2,2-4,8H3/b10-9-,12-11-/t19-/m0/s1. The molecule has 0 aliphatic heterocycles. The highest BCUT2D eigenvalue weighted by Gasteiger charge is 2.05. The zero-order valence-electron chi connectivity index (χ0n) is 13.4. The topological polar surface area (TPSA) is 9.23 Å². The largest absolute Gasteiger partial charge is 0.374 e. The lowest BCUT2D eigenvalue weighted by Gasteiger charge is -2.15. The van der Waals surface area contributed by atoms with E-state index in [2.05, 4.69) is 40.2 Å². The third-order valence-corrected chi connectivity index (χ3v) is 2.68. The maximum absolute atomic E-state index is 5.71. The molecule has 0 aromatic rings. The molecular formula is C19H28O. The molecular weight excluding hydrogens is 244 g/mol. The quantitative estimate of drug-likeness (QED) is 0.510. The summed E-state index contributed by atoms with van der Waals surface area (Å²) in [5.74, 6) is 0.524. The van der Waals surface area contributed by atoms with E-state index in [0.29, 0.717) is 5.92 Å². The van der Waals surface area contributed by atoms with Crippen LogP contribution < -0.4 is 0 Å². The molecule has 0 aliphatic rings. The molecule has 0 spiro atoms. The molecule has 0 bridgehead atoms. The lowest BCUT2D eigenvalue weighted by molar-refractivity contribution is 0.0716. The molecule has 0 rings (SSSR count). The van der Waals surface area contributed by atoms with Crippen LogP contribution in [0.15, 0.2) is 72.9 Å². The fraction of sp³-hybridized carbons (Fsp3) is 0.368. The van der Waals surface area contributed by atoms with Crippen LogP contribution in [0, 0.1) is 5.92 Å². The Hall–Kier alpha value is -1.60. The molecule has 20 heavy (non-hydrogen) atoms. The summed E-state index contributed by atoms with van der Waals surface area (Å²) < 4.78 is 5.71. The van der Waals surface area contributed by atoms with Crippen molar-refractivity contribution >= 4 is 0 Å². The second-order valence-electron chi connectivity index (χ2n) is 5.51. The third kappa shape index (κ3) is 8.49. The first-order chi connectivity index (χ1) is 9.23. The average molecular weight is 272 g/mol. The molecule has 1 atom stereocenters. The minimum absolute atomic E-state index is 0.0145. The second kappa shape index (κ2) is 9.33. The Morgan fingerprint density at radius 2 is 1.40 bits per heavy atom. The summed E-state index contributed by atoms with van der Waals surface area (Å²) in [6, 6.07) is 0. The highest BCUT2D eigenvalue weighted by atomic mass is 16.5. The van der Waals surface area contributed by atoms with Crippen LogP contribution in [0.5, 0.6) is 0 Å². The summed E-state index contributed by atoms with van der Waals surface area (Å²) in [6.45, 7) is 24.7. The van der Waals surface area contributed by atoms with E-state index in [9.17, 15) is 0 Å². The van der Waals surface area contributed by atoms with Gasteiger partial charge >= 0.3 is 0 Å². The van der Waals surface area contributed by atoms with Crippen molar-refractivity contribution < 1.29 is 4.74 Å². The minimum Gasteiger partial charge on any atom is -0.374 e. The maximum Gasteiger partial charge on any atom is 0.0791 e. The molecule has 0 unspecified atom stereocenters. The fourth-order valence-electron chi connectivity index (χ4n) is 1.24. The zero-order valence-corrected chi connectivity index (χ0v) is 13.4. The van der Waals surface area contributed by atoms with Crippen molar-refractivity contribution in [2.75, 3.05) is 6.61 Å². The van der Waals surface area contributed by atoms with Crippen molar-refractivity contribution in [1.29, 1.82) is 0 Å². The maximum atomic E-state index is 5.71. The van der Waals surface area contributed by atoms with Crippen LogP contribution in [0.3, 0.4) is 0 Å². The van der Waals surface area contributed by atoms with Gasteiger partial charge in [0.2, 0.25) is 0 Å². The number of allylic oxidation sites excluding steroid dienone is 6. The second-order valence-corrected chi connectivity index (χ2v) is 5.51. The predicted molar refractivity (Wildman–Crippen MR) is 90.8 cm³/mol. The Morgan fingerprint density at radius 1 is 0.900 bits per heavy atom. The molecule has 0 aliphatic carbocycles. The molecule has 0 N–H and O–H groups in total. The van der Waals surface area contributed by atoms with Crippen molar-refractivity contribution in [2.45, 2.75) is 33.8 Å². The third-order valence-electron chi connectivity index (χ3n) is 2.68. The smallest absolute Gasteiger partial charge is 0.0791 e. The first-order valence-corrected chi connectivity index (χ1v) is 6.94. The lowest BCUT2D eigenvalue weighted by Crippen LogP contribution is -2.13. The molecule has 1 nitrogen and oxygen atoms in total. The van der Waals surface area contributed by atoms with Gasteiger partial charge in [-0.15, -0.1) is 0 Å². The van der Waals surface area contributed by atoms with E-state index in [4.69, 9.17) is 4.74 Å². The van der Waals surface area contributed by atoms with E-state index < -0.39 is 0 Å². The Kier molecular flexibility index (Phi) is 8.58. The first kappa shape index (κ1) is 18.4. The van der Waals surface area contributed by atoms with Crippen LogP contribution in [0.2, 0.25) is 0 Å². The lowest BCUT2D eigenvalue weighted by atomic mass is 10.1. The summed E-state index contributed by atoms with van der Waals surface area (Å²) >= 11 is 0. The van der Waals surface area contributed by atoms with E-state index in [1.165, 1.54) is 0 Å². The van der Waals surface area contributed by atoms with Crippen LogP contribution in [0.25, 0.3) is 0 Å². The van der Waals surface area contributed by atoms with Gasteiger partial charge in [0, 0.05) is 6.61 Å². The molecule has 0 saturated carbocycles. The molecule has 0 saturated heterocycles. The van der Waals surface area contributed by atoms with E-state index in [0.717, 1.165) is 28.9 Å². The van der Waals surface area contributed by atoms with Crippen molar-refractivity contribution in [3.63, 3.8) is 0 Å². The highest BCUT2D eigenvalue weighted by molar-refractivity contribution is 5.45. The average Bonchev–Trinajstić information content (AvgIpc) is 2.38. The molecule has 0 fully saturated rings. The van der Waals surface area contributed by atoms with Gasteiger partial charge in [-0.3, -0.25) is 0 Å². The van der Waals surface area contributed by atoms with Gasteiger partial charge < -0.3 is 4.74 Å². The van der Waals surface area contributed by atoms with Gasteiger partial charge in [-0.05, 0) is 36.5 Å². The number of hydrogen-bond acceptors (Lipinski definition) is 1. The van der Waals surface area contributed by atoms with Gasteiger partial charge in [0.25, 0.3) is 0 Å². The summed E-state index contributed by atoms with van der Waals surface area (Å²) in [5, 5.41) is 0. The van der Waals surface area contributed by atoms with Gasteiger partial charge in [-0.25, -0.2) is 0 Å². The molecule has 110 valence electrons. The van der Waals surface area contributed by atoms with Crippen LogP contribution in [0.4, 0.5) is 0 Å². The Balaban J connectivity index is 4.40. The summed E-state index contributed by atoms with van der Waals surface area (Å²) in [4.78, 5) is 0. The first-order valence-electron chi connectivity index (χ1n) is 6.94. The molecule has 0 radical (unpaired) electrons. The molecule has 0 amide bonds. The number of ether oxygens (including phenoxy) is 1. The van der Waals surface area contributed by atoms with Crippen LogP contribution >= 0.6 is 0 Å². The molecule has 1 heteroatoms.